The highest BCUT2D eigenvalue weighted by Gasteiger charge is 2.37. The fourth-order valence-electron chi connectivity index (χ4n) is 3.57. The molecule has 0 amide bonds. The van der Waals surface area contributed by atoms with Gasteiger partial charge in [0.2, 0.25) is 0 Å². The van der Waals surface area contributed by atoms with Gasteiger partial charge in [-0.15, -0.1) is 0 Å². The summed E-state index contributed by atoms with van der Waals surface area (Å²) in [5.41, 5.74) is 2.29. The summed E-state index contributed by atoms with van der Waals surface area (Å²) >= 11 is 0. The molecule has 0 radical (unpaired) electrons. The van der Waals surface area contributed by atoms with Crippen molar-refractivity contribution in [2.75, 3.05) is 6.61 Å². The van der Waals surface area contributed by atoms with E-state index in [4.69, 9.17) is 4.74 Å². The van der Waals surface area contributed by atoms with E-state index in [0.717, 1.165) is 16.7 Å². The molecule has 2 atom stereocenters. The molecule has 2 N–H and O–H groups in total. The lowest BCUT2D eigenvalue weighted by atomic mass is 9.80. The summed E-state index contributed by atoms with van der Waals surface area (Å²) in [6.07, 6.45) is -0.653. The number of aliphatic hydroxyl groups is 2. The van der Waals surface area contributed by atoms with Crippen molar-refractivity contribution >= 4 is 0 Å². The molecule has 0 aliphatic rings. The maximum absolute atomic E-state index is 10.2. The Kier molecular flexibility index (Phi) is 6.99. The molecule has 0 heterocycles. The Morgan fingerprint density at radius 2 is 1.07 bits per heavy atom. The van der Waals surface area contributed by atoms with Gasteiger partial charge in [-0.05, 0) is 29.5 Å². The fourth-order valence-corrected chi connectivity index (χ4v) is 3.57. The first-order valence-electron chi connectivity index (χ1n) is 9.85. The van der Waals surface area contributed by atoms with Crippen LogP contribution in [0.2, 0.25) is 0 Å². The average molecular weight is 376 g/mol. The lowest BCUT2D eigenvalue weighted by molar-refractivity contribution is -0.0361. The van der Waals surface area contributed by atoms with Crippen molar-refractivity contribution in [3.8, 4) is 0 Å². The standard InChI is InChI=1S/C25H28O3/c1-2-23(26)24(27)18-19-28-25(20-12-6-3-7-13-20,21-14-8-4-9-15-21)22-16-10-5-11-17-22/h3-17,23-24,26-27H,2,18-19H2,1H3/t23-,24+/m0/s1. The summed E-state index contributed by atoms with van der Waals surface area (Å²) in [5, 5.41) is 20.1. The normalized spacial score (nSPS) is 13.8. The first-order valence-corrected chi connectivity index (χ1v) is 9.85. The third-order valence-electron chi connectivity index (χ3n) is 5.14. The molecule has 0 aliphatic carbocycles. The van der Waals surface area contributed by atoms with E-state index in [1.165, 1.54) is 0 Å². The summed E-state index contributed by atoms with van der Waals surface area (Å²) in [7, 11) is 0. The number of hydrogen-bond acceptors (Lipinski definition) is 3. The van der Waals surface area contributed by atoms with Crippen LogP contribution in [-0.4, -0.2) is 29.0 Å². The van der Waals surface area contributed by atoms with Crippen LogP contribution in [0.15, 0.2) is 91.0 Å². The maximum atomic E-state index is 10.2. The van der Waals surface area contributed by atoms with Crippen LogP contribution < -0.4 is 0 Å². The van der Waals surface area contributed by atoms with Crippen LogP contribution in [0.5, 0.6) is 0 Å². The zero-order chi connectivity index (χ0) is 19.8. The highest BCUT2D eigenvalue weighted by atomic mass is 16.5. The minimum absolute atomic E-state index is 0.316. The molecule has 3 rings (SSSR count). The number of rotatable bonds is 9. The van der Waals surface area contributed by atoms with E-state index in [2.05, 4.69) is 36.4 Å². The molecule has 3 nitrogen and oxygen atoms in total. The Labute approximate surface area is 167 Å². The summed E-state index contributed by atoms with van der Waals surface area (Å²) in [5.74, 6) is 0. The van der Waals surface area contributed by atoms with E-state index in [1.54, 1.807) is 0 Å². The monoisotopic (exact) mass is 376 g/mol. The molecule has 3 aromatic rings. The van der Waals surface area contributed by atoms with Crippen molar-refractivity contribution in [2.45, 2.75) is 37.6 Å². The van der Waals surface area contributed by atoms with E-state index in [9.17, 15) is 10.2 Å². The van der Waals surface area contributed by atoms with E-state index in [0.29, 0.717) is 19.4 Å². The van der Waals surface area contributed by atoms with E-state index >= 15 is 0 Å². The Balaban J connectivity index is 2.04. The zero-order valence-corrected chi connectivity index (χ0v) is 16.2. The van der Waals surface area contributed by atoms with Crippen LogP contribution in [0, 0.1) is 0 Å². The topological polar surface area (TPSA) is 49.7 Å². The van der Waals surface area contributed by atoms with Crippen LogP contribution >= 0.6 is 0 Å². The SMILES string of the molecule is CC[C@H](O)[C@H](O)CCOC(c1ccccc1)(c1ccccc1)c1ccccc1. The molecular formula is C25H28O3. The molecule has 0 saturated heterocycles. The van der Waals surface area contributed by atoms with Crippen LogP contribution in [0.25, 0.3) is 0 Å². The Hall–Kier alpha value is -2.46. The third kappa shape index (κ3) is 4.33. The molecule has 3 aromatic carbocycles. The fraction of sp³-hybridized carbons (Fsp3) is 0.280. The van der Waals surface area contributed by atoms with Gasteiger partial charge >= 0.3 is 0 Å². The number of hydrogen-bond donors (Lipinski definition) is 2. The molecule has 28 heavy (non-hydrogen) atoms. The van der Waals surface area contributed by atoms with Gasteiger partial charge in [0.1, 0.15) is 5.60 Å². The first kappa shape index (κ1) is 20.3. The molecule has 0 fully saturated rings. The lowest BCUT2D eigenvalue weighted by Crippen LogP contribution is -2.35. The van der Waals surface area contributed by atoms with Gasteiger partial charge < -0.3 is 14.9 Å². The van der Waals surface area contributed by atoms with Crippen molar-refractivity contribution in [3.63, 3.8) is 0 Å². The van der Waals surface area contributed by atoms with Gasteiger partial charge in [0, 0.05) is 0 Å². The van der Waals surface area contributed by atoms with E-state index in [1.807, 2.05) is 61.5 Å². The van der Waals surface area contributed by atoms with E-state index in [-0.39, 0.29) is 0 Å². The van der Waals surface area contributed by atoms with Gasteiger partial charge in [0.15, 0.2) is 0 Å². The van der Waals surface area contributed by atoms with Crippen molar-refractivity contribution < 1.29 is 14.9 Å². The summed E-state index contributed by atoms with van der Waals surface area (Å²) < 4.78 is 6.58. The van der Waals surface area contributed by atoms with Crippen LogP contribution in [0.4, 0.5) is 0 Å². The van der Waals surface area contributed by atoms with Crippen LogP contribution in [0.1, 0.15) is 36.5 Å². The van der Waals surface area contributed by atoms with Gasteiger partial charge in [0.25, 0.3) is 0 Å². The van der Waals surface area contributed by atoms with Crippen molar-refractivity contribution in [1.29, 1.82) is 0 Å². The molecule has 0 bridgehead atoms. The molecule has 146 valence electrons. The Morgan fingerprint density at radius 3 is 1.43 bits per heavy atom. The van der Waals surface area contributed by atoms with Crippen molar-refractivity contribution in [2.24, 2.45) is 0 Å². The molecule has 0 saturated carbocycles. The minimum atomic E-state index is -0.801. The van der Waals surface area contributed by atoms with Crippen LogP contribution in [0.3, 0.4) is 0 Å². The highest BCUT2D eigenvalue weighted by Crippen LogP contribution is 2.40. The molecular weight excluding hydrogens is 348 g/mol. The second kappa shape index (κ2) is 9.65. The predicted molar refractivity (Wildman–Crippen MR) is 112 cm³/mol. The molecule has 3 heteroatoms. The molecule has 0 aromatic heterocycles. The van der Waals surface area contributed by atoms with Gasteiger partial charge in [-0.25, -0.2) is 0 Å². The van der Waals surface area contributed by atoms with Gasteiger partial charge in [-0.2, -0.15) is 0 Å². The minimum Gasteiger partial charge on any atom is -0.390 e. The average Bonchev–Trinajstić information content (AvgIpc) is 2.78. The third-order valence-corrected chi connectivity index (χ3v) is 5.14. The summed E-state index contributed by atoms with van der Waals surface area (Å²) in [6.45, 7) is 2.17. The molecule has 0 aliphatic heterocycles. The van der Waals surface area contributed by atoms with Crippen LogP contribution in [-0.2, 0) is 10.3 Å². The maximum Gasteiger partial charge on any atom is 0.143 e. The quantitative estimate of drug-likeness (QED) is 0.540. The largest absolute Gasteiger partial charge is 0.390 e. The lowest BCUT2D eigenvalue weighted by Gasteiger charge is -2.36. The summed E-state index contributed by atoms with van der Waals surface area (Å²) in [4.78, 5) is 0. The van der Waals surface area contributed by atoms with Crippen molar-refractivity contribution in [1.82, 2.24) is 0 Å². The van der Waals surface area contributed by atoms with Gasteiger partial charge in [-0.3, -0.25) is 0 Å². The van der Waals surface area contributed by atoms with Gasteiger partial charge in [-0.1, -0.05) is 97.9 Å². The molecule has 0 unspecified atom stereocenters. The van der Waals surface area contributed by atoms with Crippen molar-refractivity contribution in [3.05, 3.63) is 108 Å². The van der Waals surface area contributed by atoms with E-state index < -0.39 is 17.8 Å². The Morgan fingerprint density at radius 1 is 0.679 bits per heavy atom. The smallest absolute Gasteiger partial charge is 0.143 e. The summed E-state index contributed by atoms with van der Waals surface area (Å²) in [6, 6.07) is 30.4. The second-order valence-corrected chi connectivity index (χ2v) is 6.96. The number of ether oxygens (including phenoxy) is 1. The highest BCUT2D eigenvalue weighted by molar-refractivity contribution is 5.47. The first-order chi connectivity index (χ1) is 13.7. The number of benzene rings is 3. The second-order valence-electron chi connectivity index (χ2n) is 6.96. The van der Waals surface area contributed by atoms with Gasteiger partial charge in [0.05, 0.1) is 18.8 Å². The predicted octanol–water partition coefficient (Wildman–Crippen LogP) is 4.52. The zero-order valence-electron chi connectivity index (χ0n) is 16.2. The number of aliphatic hydroxyl groups excluding tert-OH is 2. The Bertz CT molecular complexity index is 722. The molecule has 0 spiro atoms.